The van der Waals surface area contributed by atoms with Crippen molar-refractivity contribution in [3.05, 3.63) is 28.8 Å². The zero-order chi connectivity index (χ0) is 14.7. The monoisotopic (exact) mass is 295 g/mol. The summed E-state index contributed by atoms with van der Waals surface area (Å²) in [5, 5.41) is 12.8. The summed E-state index contributed by atoms with van der Waals surface area (Å²) in [6, 6.07) is 5.56. The molecule has 110 valence electrons. The fourth-order valence-electron chi connectivity index (χ4n) is 2.94. The van der Waals surface area contributed by atoms with E-state index in [1.165, 1.54) is 12.8 Å². The number of rotatable bonds is 4. The molecule has 20 heavy (non-hydrogen) atoms. The largest absolute Gasteiger partial charge is 0.478 e. The number of hydrogen-bond donors (Lipinski definition) is 2. The average molecular weight is 296 g/mol. The third kappa shape index (κ3) is 3.66. The molecule has 3 nitrogen and oxygen atoms in total. The van der Waals surface area contributed by atoms with Gasteiger partial charge in [-0.05, 0) is 55.7 Å². The normalized spacial score (nSPS) is 22.8. The van der Waals surface area contributed by atoms with Crippen LogP contribution in [0.2, 0.25) is 5.02 Å². The van der Waals surface area contributed by atoms with Crippen molar-refractivity contribution in [3.63, 3.8) is 0 Å². The summed E-state index contributed by atoms with van der Waals surface area (Å²) in [6.45, 7) is 4.58. The Kier molecular flexibility index (Phi) is 4.92. The molecule has 1 aliphatic rings. The predicted octanol–water partition coefficient (Wildman–Crippen LogP) is 4.66. The van der Waals surface area contributed by atoms with E-state index < -0.39 is 5.97 Å². The van der Waals surface area contributed by atoms with Crippen molar-refractivity contribution in [1.82, 2.24) is 0 Å². The summed E-state index contributed by atoms with van der Waals surface area (Å²) >= 11 is 5.88. The van der Waals surface area contributed by atoms with Crippen molar-refractivity contribution in [3.8, 4) is 0 Å². The van der Waals surface area contributed by atoms with Crippen LogP contribution in [-0.2, 0) is 0 Å². The first-order valence-electron chi connectivity index (χ1n) is 7.26. The Morgan fingerprint density at radius 2 is 1.95 bits per heavy atom. The molecule has 0 amide bonds. The van der Waals surface area contributed by atoms with Gasteiger partial charge in [0.15, 0.2) is 0 Å². The lowest BCUT2D eigenvalue weighted by Gasteiger charge is -2.32. The van der Waals surface area contributed by atoms with Gasteiger partial charge in [0.1, 0.15) is 0 Å². The second-order valence-electron chi connectivity index (χ2n) is 6.00. The van der Waals surface area contributed by atoms with Crippen LogP contribution < -0.4 is 5.32 Å². The van der Waals surface area contributed by atoms with Crippen molar-refractivity contribution in [1.29, 1.82) is 0 Å². The first-order valence-corrected chi connectivity index (χ1v) is 7.64. The Bertz CT molecular complexity index is 479. The molecule has 0 aliphatic heterocycles. The highest BCUT2D eigenvalue weighted by Crippen LogP contribution is 2.31. The highest BCUT2D eigenvalue weighted by Gasteiger charge is 2.23. The number of carbonyl (C=O) groups is 1. The van der Waals surface area contributed by atoms with Gasteiger partial charge in [0.05, 0.1) is 10.6 Å². The summed E-state index contributed by atoms with van der Waals surface area (Å²) in [7, 11) is 0. The molecular weight excluding hydrogens is 274 g/mol. The summed E-state index contributed by atoms with van der Waals surface area (Å²) in [5.74, 6) is 0.597. The van der Waals surface area contributed by atoms with Crippen LogP contribution in [0.3, 0.4) is 0 Å². The number of aromatic carboxylic acids is 1. The Labute approximate surface area is 125 Å². The van der Waals surface area contributed by atoms with E-state index in [0.717, 1.165) is 30.4 Å². The van der Waals surface area contributed by atoms with Gasteiger partial charge in [-0.2, -0.15) is 0 Å². The minimum Gasteiger partial charge on any atom is -0.478 e. The quantitative estimate of drug-likeness (QED) is 0.849. The molecule has 0 heterocycles. The van der Waals surface area contributed by atoms with Crippen LogP contribution in [0.5, 0.6) is 0 Å². The van der Waals surface area contributed by atoms with E-state index >= 15 is 0 Å². The van der Waals surface area contributed by atoms with Crippen LogP contribution in [0.25, 0.3) is 0 Å². The van der Waals surface area contributed by atoms with E-state index in [4.69, 9.17) is 16.7 Å². The van der Waals surface area contributed by atoms with Gasteiger partial charge in [-0.25, -0.2) is 4.79 Å². The summed E-state index contributed by atoms with van der Waals surface area (Å²) < 4.78 is 0. The standard InChI is InChI=1S/C16H22ClNO2/c1-10(2)11-3-5-12(6-4-11)18-13-7-8-15(17)14(9-13)16(19)20/h7-12,18H,3-6H2,1-2H3,(H,19,20). The summed E-state index contributed by atoms with van der Waals surface area (Å²) in [5.41, 5.74) is 1.01. The fourth-order valence-corrected chi connectivity index (χ4v) is 3.14. The molecule has 1 aromatic carbocycles. The van der Waals surface area contributed by atoms with Crippen LogP contribution in [-0.4, -0.2) is 17.1 Å². The molecule has 1 saturated carbocycles. The van der Waals surface area contributed by atoms with Gasteiger partial charge in [0, 0.05) is 11.7 Å². The zero-order valence-corrected chi connectivity index (χ0v) is 12.8. The van der Waals surface area contributed by atoms with Crippen molar-refractivity contribution in [2.45, 2.75) is 45.6 Å². The molecule has 0 atom stereocenters. The number of hydrogen-bond acceptors (Lipinski definition) is 2. The second-order valence-corrected chi connectivity index (χ2v) is 6.41. The van der Waals surface area contributed by atoms with Gasteiger partial charge in [0.2, 0.25) is 0 Å². The number of nitrogens with one attached hydrogen (secondary N) is 1. The van der Waals surface area contributed by atoms with E-state index in [9.17, 15) is 4.79 Å². The molecule has 0 radical (unpaired) electrons. The van der Waals surface area contributed by atoms with E-state index in [2.05, 4.69) is 19.2 Å². The lowest BCUT2D eigenvalue weighted by molar-refractivity contribution is 0.0697. The topological polar surface area (TPSA) is 49.3 Å². The molecule has 0 saturated heterocycles. The highest BCUT2D eigenvalue weighted by molar-refractivity contribution is 6.33. The first-order chi connectivity index (χ1) is 9.47. The molecular formula is C16H22ClNO2. The number of halogens is 1. The zero-order valence-electron chi connectivity index (χ0n) is 12.0. The number of anilines is 1. The van der Waals surface area contributed by atoms with E-state index in [1.807, 2.05) is 6.07 Å². The number of benzene rings is 1. The van der Waals surface area contributed by atoms with Crippen LogP contribution in [0, 0.1) is 11.8 Å². The van der Waals surface area contributed by atoms with Crippen LogP contribution in [0.4, 0.5) is 5.69 Å². The Hall–Kier alpha value is -1.22. The molecule has 0 spiro atoms. The third-order valence-corrected chi connectivity index (χ3v) is 4.61. The third-order valence-electron chi connectivity index (χ3n) is 4.28. The molecule has 0 bridgehead atoms. The minimum atomic E-state index is -0.984. The molecule has 1 aliphatic carbocycles. The summed E-state index contributed by atoms with van der Waals surface area (Å²) in [4.78, 5) is 11.1. The van der Waals surface area contributed by atoms with Crippen molar-refractivity contribution >= 4 is 23.3 Å². The minimum absolute atomic E-state index is 0.160. The fraction of sp³-hybridized carbons (Fsp3) is 0.562. The summed E-state index contributed by atoms with van der Waals surface area (Å²) in [6.07, 6.45) is 4.78. The van der Waals surface area contributed by atoms with Gasteiger partial charge in [-0.3, -0.25) is 0 Å². The smallest absolute Gasteiger partial charge is 0.337 e. The number of carboxylic acids is 1. The SMILES string of the molecule is CC(C)C1CCC(Nc2ccc(Cl)c(C(=O)O)c2)CC1. The van der Waals surface area contributed by atoms with Crippen molar-refractivity contribution < 1.29 is 9.90 Å². The maximum Gasteiger partial charge on any atom is 0.337 e. The van der Waals surface area contributed by atoms with E-state index in [1.54, 1.807) is 12.1 Å². The Morgan fingerprint density at radius 3 is 2.50 bits per heavy atom. The first kappa shape index (κ1) is 15.2. The van der Waals surface area contributed by atoms with Gasteiger partial charge in [-0.15, -0.1) is 0 Å². The maximum absolute atomic E-state index is 11.1. The Morgan fingerprint density at radius 1 is 1.30 bits per heavy atom. The van der Waals surface area contributed by atoms with Gasteiger partial charge in [0.25, 0.3) is 0 Å². The van der Waals surface area contributed by atoms with Gasteiger partial charge in [-0.1, -0.05) is 25.4 Å². The van der Waals surface area contributed by atoms with Crippen LogP contribution in [0.1, 0.15) is 49.9 Å². The Balaban J connectivity index is 1.98. The molecule has 0 unspecified atom stereocenters. The molecule has 2 N–H and O–H groups in total. The lowest BCUT2D eigenvalue weighted by atomic mass is 9.79. The molecule has 1 aromatic rings. The van der Waals surface area contributed by atoms with Crippen molar-refractivity contribution in [2.75, 3.05) is 5.32 Å². The predicted molar refractivity (Wildman–Crippen MR) is 82.6 cm³/mol. The van der Waals surface area contributed by atoms with Crippen LogP contribution >= 0.6 is 11.6 Å². The van der Waals surface area contributed by atoms with Crippen LogP contribution in [0.15, 0.2) is 18.2 Å². The van der Waals surface area contributed by atoms with Crippen molar-refractivity contribution in [2.24, 2.45) is 11.8 Å². The van der Waals surface area contributed by atoms with Gasteiger partial charge < -0.3 is 10.4 Å². The maximum atomic E-state index is 11.1. The second kappa shape index (κ2) is 6.49. The molecule has 0 aromatic heterocycles. The number of carboxylic acid groups (broad SMARTS) is 1. The molecule has 1 fully saturated rings. The average Bonchev–Trinajstić information content (AvgIpc) is 2.41. The van der Waals surface area contributed by atoms with Gasteiger partial charge >= 0.3 is 5.97 Å². The molecule has 2 rings (SSSR count). The van der Waals surface area contributed by atoms with E-state index in [-0.39, 0.29) is 10.6 Å². The molecule has 4 heteroatoms. The van der Waals surface area contributed by atoms with E-state index in [0.29, 0.717) is 6.04 Å². The lowest BCUT2D eigenvalue weighted by Crippen LogP contribution is -2.28. The highest BCUT2D eigenvalue weighted by atomic mass is 35.5.